The highest BCUT2D eigenvalue weighted by Crippen LogP contribution is 2.36. The number of allylic oxidation sites excluding steroid dienone is 4. The number of ketones is 1. The molecule has 0 amide bonds. The van der Waals surface area contributed by atoms with E-state index in [9.17, 15) is 4.79 Å². The molecule has 0 radical (unpaired) electrons. The van der Waals surface area contributed by atoms with E-state index in [4.69, 9.17) is 0 Å². The summed E-state index contributed by atoms with van der Waals surface area (Å²) in [5.41, 5.74) is 1.11. The number of carbonyl (C=O) groups is 1. The SMILES string of the molecule is CC1=C/C(=O)CC2CCCC2/C=C\1. The second kappa shape index (κ2) is 3.49. The summed E-state index contributed by atoms with van der Waals surface area (Å²) in [6, 6.07) is 0. The molecule has 70 valence electrons. The van der Waals surface area contributed by atoms with Gasteiger partial charge in [0.15, 0.2) is 5.78 Å². The molecule has 0 heterocycles. The molecule has 0 aromatic rings. The highest BCUT2D eigenvalue weighted by atomic mass is 16.1. The molecule has 1 heteroatoms. The summed E-state index contributed by atoms with van der Waals surface area (Å²) in [6.45, 7) is 2.00. The maximum atomic E-state index is 11.5. The zero-order chi connectivity index (χ0) is 9.26. The molecule has 0 aliphatic heterocycles. The topological polar surface area (TPSA) is 17.1 Å². The van der Waals surface area contributed by atoms with Crippen molar-refractivity contribution in [1.82, 2.24) is 0 Å². The average Bonchev–Trinajstić information content (AvgIpc) is 2.45. The van der Waals surface area contributed by atoms with Crippen LogP contribution in [-0.4, -0.2) is 5.78 Å². The van der Waals surface area contributed by atoms with E-state index in [2.05, 4.69) is 12.2 Å². The lowest BCUT2D eigenvalue weighted by atomic mass is 9.88. The van der Waals surface area contributed by atoms with Crippen LogP contribution >= 0.6 is 0 Å². The van der Waals surface area contributed by atoms with E-state index in [1.807, 2.05) is 6.92 Å². The van der Waals surface area contributed by atoms with Gasteiger partial charge >= 0.3 is 0 Å². The van der Waals surface area contributed by atoms with Crippen LogP contribution < -0.4 is 0 Å². The van der Waals surface area contributed by atoms with Crippen molar-refractivity contribution in [1.29, 1.82) is 0 Å². The smallest absolute Gasteiger partial charge is 0.156 e. The third-order valence-corrected chi connectivity index (χ3v) is 3.18. The molecule has 0 N–H and O–H groups in total. The van der Waals surface area contributed by atoms with Gasteiger partial charge in [-0.05, 0) is 43.3 Å². The predicted molar refractivity (Wildman–Crippen MR) is 53.4 cm³/mol. The first-order valence-electron chi connectivity index (χ1n) is 5.15. The molecule has 2 aliphatic rings. The van der Waals surface area contributed by atoms with Gasteiger partial charge in [0, 0.05) is 6.42 Å². The highest BCUT2D eigenvalue weighted by molar-refractivity contribution is 5.91. The van der Waals surface area contributed by atoms with Crippen molar-refractivity contribution < 1.29 is 4.79 Å². The average molecular weight is 176 g/mol. The molecule has 0 aromatic heterocycles. The fourth-order valence-corrected chi connectivity index (χ4v) is 2.47. The molecule has 1 saturated carbocycles. The summed E-state index contributed by atoms with van der Waals surface area (Å²) in [5, 5.41) is 0. The Morgan fingerprint density at radius 3 is 3.08 bits per heavy atom. The Balaban J connectivity index is 2.21. The van der Waals surface area contributed by atoms with Gasteiger partial charge in [0.25, 0.3) is 0 Å². The molecular formula is C12H16O. The largest absolute Gasteiger partial charge is 0.295 e. The zero-order valence-corrected chi connectivity index (χ0v) is 8.12. The van der Waals surface area contributed by atoms with Crippen molar-refractivity contribution in [2.75, 3.05) is 0 Å². The Hall–Kier alpha value is -0.850. The summed E-state index contributed by atoms with van der Waals surface area (Å²) in [4.78, 5) is 11.5. The summed E-state index contributed by atoms with van der Waals surface area (Å²) < 4.78 is 0. The van der Waals surface area contributed by atoms with Gasteiger partial charge in [0.2, 0.25) is 0 Å². The molecule has 0 saturated heterocycles. The lowest BCUT2D eigenvalue weighted by Crippen LogP contribution is -2.12. The molecule has 2 aliphatic carbocycles. The quantitative estimate of drug-likeness (QED) is 0.554. The van der Waals surface area contributed by atoms with Crippen molar-refractivity contribution in [3.8, 4) is 0 Å². The van der Waals surface area contributed by atoms with Gasteiger partial charge in [-0.2, -0.15) is 0 Å². The van der Waals surface area contributed by atoms with E-state index in [1.165, 1.54) is 19.3 Å². The maximum Gasteiger partial charge on any atom is 0.156 e. The van der Waals surface area contributed by atoms with Crippen molar-refractivity contribution in [2.45, 2.75) is 32.6 Å². The van der Waals surface area contributed by atoms with Gasteiger partial charge in [-0.15, -0.1) is 0 Å². The third kappa shape index (κ3) is 1.90. The molecule has 2 atom stereocenters. The lowest BCUT2D eigenvalue weighted by Gasteiger charge is -2.16. The summed E-state index contributed by atoms with van der Waals surface area (Å²) >= 11 is 0. The van der Waals surface area contributed by atoms with E-state index in [0.29, 0.717) is 17.6 Å². The van der Waals surface area contributed by atoms with Crippen LogP contribution in [0.4, 0.5) is 0 Å². The molecule has 0 bridgehead atoms. The molecule has 0 spiro atoms. The van der Waals surface area contributed by atoms with Gasteiger partial charge in [0.05, 0.1) is 0 Å². The number of rotatable bonds is 0. The molecular weight excluding hydrogens is 160 g/mol. The predicted octanol–water partition coefficient (Wildman–Crippen LogP) is 2.88. The van der Waals surface area contributed by atoms with Gasteiger partial charge < -0.3 is 0 Å². The van der Waals surface area contributed by atoms with Crippen LogP contribution in [0.2, 0.25) is 0 Å². The number of hydrogen-bond donors (Lipinski definition) is 0. The van der Waals surface area contributed by atoms with Gasteiger partial charge in [-0.1, -0.05) is 18.6 Å². The zero-order valence-electron chi connectivity index (χ0n) is 8.12. The van der Waals surface area contributed by atoms with Gasteiger partial charge in [0.1, 0.15) is 0 Å². The second-order valence-electron chi connectivity index (χ2n) is 4.27. The van der Waals surface area contributed by atoms with Gasteiger partial charge in [-0.3, -0.25) is 4.79 Å². The van der Waals surface area contributed by atoms with Crippen LogP contribution in [-0.2, 0) is 4.79 Å². The Bertz CT molecular complexity index is 273. The highest BCUT2D eigenvalue weighted by Gasteiger charge is 2.27. The first kappa shape index (κ1) is 8.74. The van der Waals surface area contributed by atoms with Crippen molar-refractivity contribution >= 4 is 5.78 Å². The summed E-state index contributed by atoms with van der Waals surface area (Å²) in [6.07, 6.45) is 10.8. The number of hydrogen-bond acceptors (Lipinski definition) is 1. The minimum absolute atomic E-state index is 0.318. The lowest BCUT2D eigenvalue weighted by molar-refractivity contribution is -0.115. The van der Waals surface area contributed by atoms with E-state index >= 15 is 0 Å². The maximum absolute atomic E-state index is 11.5. The normalized spacial score (nSPS) is 40.1. The number of carbonyl (C=O) groups excluding carboxylic acids is 1. The van der Waals surface area contributed by atoms with Gasteiger partial charge in [-0.25, -0.2) is 0 Å². The van der Waals surface area contributed by atoms with Crippen LogP contribution in [0.1, 0.15) is 32.6 Å². The summed E-state index contributed by atoms with van der Waals surface area (Å²) in [7, 11) is 0. The van der Waals surface area contributed by atoms with Crippen molar-refractivity contribution in [2.24, 2.45) is 11.8 Å². The molecule has 1 fully saturated rings. The minimum atomic E-state index is 0.318. The summed E-state index contributed by atoms with van der Waals surface area (Å²) in [5.74, 6) is 1.62. The Kier molecular flexibility index (Phi) is 2.34. The fourth-order valence-electron chi connectivity index (χ4n) is 2.47. The van der Waals surface area contributed by atoms with Crippen LogP contribution in [0.3, 0.4) is 0 Å². The van der Waals surface area contributed by atoms with Crippen molar-refractivity contribution in [3.63, 3.8) is 0 Å². The Morgan fingerprint density at radius 1 is 1.38 bits per heavy atom. The van der Waals surface area contributed by atoms with E-state index in [-0.39, 0.29) is 0 Å². The van der Waals surface area contributed by atoms with E-state index in [1.54, 1.807) is 6.08 Å². The fraction of sp³-hybridized carbons (Fsp3) is 0.583. The van der Waals surface area contributed by atoms with E-state index in [0.717, 1.165) is 12.0 Å². The third-order valence-electron chi connectivity index (χ3n) is 3.18. The minimum Gasteiger partial charge on any atom is -0.295 e. The van der Waals surface area contributed by atoms with Crippen LogP contribution in [0.25, 0.3) is 0 Å². The van der Waals surface area contributed by atoms with Crippen LogP contribution in [0.5, 0.6) is 0 Å². The Labute approximate surface area is 79.5 Å². The molecule has 13 heavy (non-hydrogen) atoms. The number of fused-ring (bicyclic) bond motifs is 1. The molecule has 2 rings (SSSR count). The first-order chi connectivity index (χ1) is 6.25. The molecule has 2 unspecified atom stereocenters. The van der Waals surface area contributed by atoms with E-state index < -0.39 is 0 Å². The van der Waals surface area contributed by atoms with Crippen LogP contribution in [0.15, 0.2) is 23.8 Å². The van der Waals surface area contributed by atoms with Crippen LogP contribution in [0, 0.1) is 11.8 Å². The monoisotopic (exact) mass is 176 g/mol. The molecule has 1 nitrogen and oxygen atoms in total. The Morgan fingerprint density at radius 2 is 2.23 bits per heavy atom. The van der Waals surface area contributed by atoms with Crippen molar-refractivity contribution in [3.05, 3.63) is 23.8 Å². The standard InChI is InChI=1S/C12H16O/c1-9-5-6-10-3-2-4-11(10)8-12(13)7-9/h5-7,10-11H,2-4,8H2,1H3/b6-5-,9-7-. The second-order valence-corrected chi connectivity index (χ2v) is 4.27. The first-order valence-corrected chi connectivity index (χ1v) is 5.15. The molecule has 0 aromatic carbocycles.